The van der Waals surface area contributed by atoms with Crippen molar-refractivity contribution < 1.29 is 14.0 Å². The summed E-state index contributed by atoms with van der Waals surface area (Å²) in [4.78, 5) is 23.6. The second-order valence-electron chi connectivity index (χ2n) is 4.64. The molecule has 0 fully saturated rings. The highest BCUT2D eigenvalue weighted by atomic mass is 19.1. The summed E-state index contributed by atoms with van der Waals surface area (Å²) >= 11 is 0. The average molecular weight is 286 g/mol. The Balaban J connectivity index is 2.08. The summed E-state index contributed by atoms with van der Waals surface area (Å²) in [5.74, 6) is -2.35. The zero-order valence-corrected chi connectivity index (χ0v) is 11.7. The molecule has 0 aliphatic heterocycles. The van der Waals surface area contributed by atoms with Gasteiger partial charge in [0.05, 0.1) is 5.69 Å². The van der Waals surface area contributed by atoms with Crippen LogP contribution in [0.3, 0.4) is 0 Å². The first-order chi connectivity index (χ1) is 9.99. The van der Waals surface area contributed by atoms with Crippen LogP contribution in [0.25, 0.3) is 0 Å². The lowest BCUT2D eigenvalue weighted by atomic mass is 10.1. The molecule has 0 bridgehead atoms. The van der Waals surface area contributed by atoms with Crippen molar-refractivity contribution in [1.29, 1.82) is 0 Å². The SMILES string of the molecule is Cc1cccc(NC(=O)C(=O)Nc2ccccc2F)c1C. The number of rotatable bonds is 2. The fourth-order valence-electron chi connectivity index (χ4n) is 1.81. The smallest absolute Gasteiger partial charge is 0.314 e. The lowest BCUT2D eigenvalue weighted by Crippen LogP contribution is -2.29. The average Bonchev–Trinajstić information content (AvgIpc) is 2.46. The van der Waals surface area contributed by atoms with Crippen LogP contribution in [-0.4, -0.2) is 11.8 Å². The number of nitrogens with one attached hydrogen (secondary N) is 2. The molecule has 0 saturated heterocycles. The Labute approximate surface area is 122 Å². The third kappa shape index (κ3) is 3.45. The molecule has 0 saturated carbocycles. The number of carbonyl (C=O) groups excluding carboxylic acids is 2. The van der Waals surface area contributed by atoms with E-state index < -0.39 is 17.6 Å². The molecule has 0 radical (unpaired) electrons. The molecule has 108 valence electrons. The van der Waals surface area contributed by atoms with Crippen LogP contribution < -0.4 is 10.6 Å². The van der Waals surface area contributed by atoms with Gasteiger partial charge in [-0.25, -0.2) is 4.39 Å². The van der Waals surface area contributed by atoms with Gasteiger partial charge in [0, 0.05) is 5.69 Å². The number of para-hydroxylation sites is 1. The third-order valence-corrected chi connectivity index (χ3v) is 3.18. The molecule has 0 heterocycles. The highest BCUT2D eigenvalue weighted by molar-refractivity contribution is 6.43. The first kappa shape index (κ1) is 14.7. The summed E-state index contributed by atoms with van der Waals surface area (Å²) in [6.07, 6.45) is 0. The number of anilines is 2. The lowest BCUT2D eigenvalue weighted by Gasteiger charge is -2.10. The molecule has 2 aromatic rings. The Morgan fingerprint density at radius 2 is 1.43 bits per heavy atom. The van der Waals surface area contributed by atoms with Crippen LogP contribution in [0.5, 0.6) is 0 Å². The maximum absolute atomic E-state index is 13.4. The van der Waals surface area contributed by atoms with E-state index >= 15 is 0 Å². The van der Waals surface area contributed by atoms with E-state index in [4.69, 9.17) is 0 Å². The Bertz CT molecular complexity index is 698. The van der Waals surface area contributed by atoms with Gasteiger partial charge in [-0.2, -0.15) is 0 Å². The molecule has 0 aromatic heterocycles. The van der Waals surface area contributed by atoms with Crippen molar-refractivity contribution in [3.05, 3.63) is 59.4 Å². The molecule has 2 rings (SSSR count). The minimum absolute atomic E-state index is 0.0291. The first-order valence-corrected chi connectivity index (χ1v) is 6.42. The van der Waals surface area contributed by atoms with Crippen molar-refractivity contribution in [2.45, 2.75) is 13.8 Å². The second-order valence-corrected chi connectivity index (χ2v) is 4.64. The highest BCUT2D eigenvalue weighted by Gasteiger charge is 2.16. The summed E-state index contributed by atoms with van der Waals surface area (Å²) in [5.41, 5.74) is 2.41. The molecule has 0 aliphatic carbocycles. The van der Waals surface area contributed by atoms with E-state index in [9.17, 15) is 14.0 Å². The predicted molar refractivity (Wildman–Crippen MR) is 79.6 cm³/mol. The number of hydrogen-bond acceptors (Lipinski definition) is 2. The van der Waals surface area contributed by atoms with Gasteiger partial charge in [0.1, 0.15) is 5.82 Å². The van der Waals surface area contributed by atoms with Crippen LogP contribution in [0.4, 0.5) is 15.8 Å². The van der Waals surface area contributed by atoms with Crippen LogP contribution in [0.1, 0.15) is 11.1 Å². The number of halogens is 1. The van der Waals surface area contributed by atoms with E-state index in [1.807, 2.05) is 19.9 Å². The molecule has 2 aromatic carbocycles. The van der Waals surface area contributed by atoms with E-state index in [0.29, 0.717) is 5.69 Å². The van der Waals surface area contributed by atoms with Gasteiger partial charge >= 0.3 is 11.8 Å². The van der Waals surface area contributed by atoms with Crippen LogP contribution in [0.2, 0.25) is 0 Å². The van der Waals surface area contributed by atoms with Crippen LogP contribution >= 0.6 is 0 Å². The van der Waals surface area contributed by atoms with Crippen molar-refractivity contribution in [2.75, 3.05) is 10.6 Å². The normalized spacial score (nSPS) is 10.0. The summed E-state index contributed by atoms with van der Waals surface area (Å²) in [5, 5.41) is 4.76. The van der Waals surface area contributed by atoms with Gasteiger partial charge in [-0.1, -0.05) is 24.3 Å². The molecule has 0 unspecified atom stereocenters. The highest BCUT2D eigenvalue weighted by Crippen LogP contribution is 2.18. The topological polar surface area (TPSA) is 58.2 Å². The molecular weight excluding hydrogens is 271 g/mol. The molecule has 2 amide bonds. The first-order valence-electron chi connectivity index (χ1n) is 6.42. The Morgan fingerprint density at radius 1 is 0.857 bits per heavy atom. The van der Waals surface area contributed by atoms with Gasteiger partial charge < -0.3 is 10.6 Å². The summed E-state index contributed by atoms with van der Waals surface area (Å²) in [6.45, 7) is 3.75. The summed E-state index contributed by atoms with van der Waals surface area (Å²) in [6, 6.07) is 11.1. The standard InChI is InChI=1S/C16H15FN2O2/c1-10-6-5-9-13(11(10)2)18-15(20)16(21)19-14-8-4-3-7-12(14)17/h3-9H,1-2H3,(H,18,20)(H,19,21). The van der Waals surface area contributed by atoms with E-state index in [1.165, 1.54) is 18.2 Å². The molecule has 0 atom stereocenters. The number of hydrogen-bond donors (Lipinski definition) is 2. The maximum atomic E-state index is 13.4. The van der Waals surface area contributed by atoms with Gasteiger partial charge in [0.15, 0.2) is 0 Å². The quantitative estimate of drug-likeness (QED) is 0.834. The molecule has 0 aliphatic rings. The molecule has 21 heavy (non-hydrogen) atoms. The van der Waals surface area contributed by atoms with E-state index in [2.05, 4.69) is 10.6 Å². The Kier molecular flexibility index (Phi) is 4.33. The monoisotopic (exact) mass is 286 g/mol. The molecule has 2 N–H and O–H groups in total. The van der Waals surface area contributed by atoms with Crippen LogP contribution in [0, 0.1) is 19.7 Å². The number of benzene rings is 2. The van der Waals surface area contributed by atoms with Gasteiger partial charge in [-0.3, -0.25) is 9.59 Å². The van der Waals surface area contributed by atoms with Crippen molar-refractivity contribution in [3.8, 4) is 0 Å². The number of aryl methyl sites for hydroxylation is 1. The molecular formula is C16H15FN2O2. The number of carbonyl (C=O) groups is 2. The van der Waals surface area contributed by atoms with Gasteiger partial charge in [-0.15, -0.1) is 0 Å². The largest absolute Gasteiger partial charge is 0.318 e. The fourth-order valence-corrected chi connectivity index (χ4v) is 1.81. The van der Waals surface area contributed by atoms with Gasteiger partial charge in [0.25, 0.3) is 0 Å². The van der Waals surface area contributed by atoms with Crippen molar-refractivity contribution in [1.82, 2.24) is 0 Å². The van der Waals surface area contributed by atoms with Gasteiger partial charge in [0.2, 0.25) is 0 Å². The van der Waals surface area contributed by atoms with E-state index in [0.717, 1.165) is 11.1 Å². The Hall–Kier alpha value is -2.69. The third-order valence-electron chi connectivity index (χ3n) is 3.18. The maximum Gasteiger partial charge on any atom is 0.314 e. The lowest BCUT2D eigenvalue weighted by molar-refractivity contribution is -0.133. The zero-order valence-electron chi connectivity index (χ0n) is 11.7. The number of amides is 2. The van der Waals surface area contributed by atoms with Gasteiger partial charge in [-0.05, 0) is 43.2 Å². The zero-order chi connectivity index (χ0) is 15.4. The van der Waals surface area contributed by atoms with Crippen LogP contribution in [-0.2, 0) is 9.59 Å². The summed E-state index contributed by atoms with van der Waals surface area (Å²) < 4.78 is 13.4. The van der Waals surface area contributed by atoms with Crippen molar-refractivity contribution in [3.63, 3.8) is 0 Å². The molecule has 5 heteroatoms. The minimum Gasteiger partial charge on any atom is -0.318 e. The fraction of sp³-hybridized carbons (Fsp3) is 0.125. The molecule has 0 spiro atoms. The predicted octanol–water partition coefficient (Wildman–Crippen LogP) is 3.02. The van der Waals surface area contributed by atoms with Crippen molar-refractivity contribution >= 4 is 23.2 Å². The van der Waals surface area contributed by atoms with E-state index in [-0.39, 0.29) is 5.69 Å². The minimum atomic E-state index is -0.916. The molecule has 4 nitrogen and oxygen atoms in total. The summed E-state index contributed by atoms with van der Waals surface area (Å²) in [7, 11) is 0. The van der Waals surface area contributed by atoms with Crippen molar-refractivity contribution in [2.24, 2.45) is 0 Å². The van der Waals surface area contributed by atoms with E-state index in [1.54, 1.807) is 18.2 Å². The van der Waals surface area contributed by atoms with Crippen LogP contribution in [0.15, 0.2) is 42.5 Å². The second kappa shape index (κ2) is 6.17. The Morgan fingerprint density at radius 3 is 2.10 bits per heavy atom.